The Kier molecular flexibility index (Phi) is 9.47. The average molecular weight is 175 g/mol. The topological polar surface area (TPSA) is 98.4 Å². The van der Waals surface area contributed by atoms with E-state index in [1.165, 1.54) is 5.40 Å². The van der Waals surface area contributed by atoms with Crippen LogP contribution in [0, 0.1) is 10.7 Å². The molecule has 5 nitrogen and oxygen atoms in total. The summed E-state index contributed by atoms with van der Waals surface area (Å²) in [4.78, 5) is 19.1. The first-order valence-corrected chi connectivity index (χ1v) is 2.66. The lowest BCUT2D eigenvalue weighted by Gasteiger charge is -1.74. The van der Waals surface area contributed by atoms with Gasteiger partial charge in [0.25, 0.3) is 0 Å². The summed E-state index contributed by atoms with van der Waals surface area (Å²) in [5.41, 5.74) is 0. The van der Waals surface area contributed by atoms with Crippen LogP contribution < -0.4 is 0 Å². The maximum atomic E-state index is 9.55. The number of carboxylic acids is 2. The lowest BCUT2D eigenvalue weighted by molar-refractivity contribution is -0.134. The van der Waals surface area contributed by atoms with Crippen molar-refractivity contribution in [2.45, 2.75) is 0 Å². The zero-order valence-electron chi connectivity index (χ0n) is 5.26. The highest BCUT2D eigenvalue weighted by atomic mass is 32.1. The van der Waals surface area contributed by atoms with E-state index in [9.17, 15) is 9.59 Å². The zero-order chi connectivity index (χ0) is 9.28. The largest absolute Gasteiger partial charge is 0.478 e. The predicted octanol–water partition coefficient (Wildman–Crippen LogP) is 0.109. The predicted molar refractivity (Wildman–Crippen MR) is 39.0 cm³/mol. The summed E-state index contributed by atoms with van der Waals surface area (Å²) in [5, 5.41) is 24.3. The van der Waals surface area contributed by atoms with E-state index in [-0.39, 0.29) is 0 Å². The molecule has 0 bridgehead atoms. The molecule has 0 rings (SSSR count). The van der Waals surface area contributed by atoms with Gasteiger partial charge in [-0.3, -0.25) is 0 Å². The van der Waals surface area contributed by atoms with Crippen LogP contribution in [0.5, 0.6) is 0 Å². The van der Waals surface area contributed by atoms with Gasteiger partial charge in [0.15, 0.2) is 0 Å². The average Bonchev–Trinajstić information content (AvgIpc) is 1.85. The Morgan fingerprint density at radius 3 is 1.55 bits per heavy atom. The van der Waals surface area contributed by atoms with Gasteiger partial charge < -0.3 is 10.2 Å². The van der Waals surface area contributed by atoms with Crippen LogP contribution in [0.25, 0.3) is 0 Å². The van der Waals surface area contributed by atoms with Gasteiger partial charge in [0.2, 0.25) is 0 Å². The van der Waals surface area contributed by atoms with Gasteiger partial charge in [0.1, 0.15) is 5.40 Å². The molecule has 0 heterocycles. The summed E-state index contributed by atoms with van der Waals surface area (Å²) in [6.45, 7) is 0. The van der Waals surface area contributed by atoms with Crippen molar-refractivity contribution < 1.29 is 19.8 Å². The molecule has 2 N–H and O–H groups in total. The van der Waals surface area contributed by atoms with Gasteiger partial charge in [0, 0.05) is 12.2 Å². The Labute approximate surface area is 68.0 Å². The number of carboxylic acid groups (broad SMARTS) is 2. The molecule has 0 spiro atoms. The van der Waals surface area contributed by atoms with Crippen molar-refractivity contribution in [3.63, 3.8) is 0 Å². The molecule has 60 valence electrons. The monoisotopic (exact) mass is 175 g/mol. The molecule has 6 heteroatoms. The minimum absolute atomic E-state index is 0.558. The molecule has 0 aromatic heterocycles. The quantitative estimate of drug-likeness (QED) is 0.314. The molecule has 11 heavy (non-hydrogen) atoms. The number of thiol groups is 1. The molecule has 0 aliphatic carbocycles. The number of aliphatic carboxylic acids is 2. The van der Waals surface area contributed by atoms with Gasteiger partial charge >= 0.3 is 11.9 Å². The van der Waals surface area contributed by atoms with Crippen molar-refractivity contribution in [2.75, 3.05) is 0 Å². The van der Waals surface area contributed by atoms with Crippen LogP contribution in [0.4, 0.5) is 0 Å². The smallest absolute Gasteiger partial charge is 0.328 e. The van der Waals surface area contributed by atoms with E-state index in [0.717, 1.165) is 0 Å². The third-order valence-electron chi connectivity index (χ3n) is 0.368. The van der Waals surface area contributed by atoms with Crippen molar-refractivity contribution in [1.29, 1.82) is 5.26 Å². The number of nitrogens with zero attached hydrogens (tertiary/aromatic N) is 1. The first-order chi connectivity index (χ1) is 5.04. The first-order valence-electron chi connectivity index (χ1n) is 2.21. The SMILES string of the molecule is N#CS.O=C(O)/C=C/C(=O)O. The van der Waals surface area contributed by atoms with Crippen LogP contribution in [0.2, 0.25) is 0 Å². The number of hydrogen-bond acceptors (Lipinski definition) is 4. The van der Waals surface area contributed by atoms with Gasteiger partial charge in [-0.1, -0.05) is 12.6 Å². The molecule has 0 aromatic rings. The third kappa shape index (κ3) is 29.2. The fourth-order valence-corrected chi connectivity index (χ4v) is 0.143. The summed E-state index contributed by atoms with van der Waals surface area (Å²) < 4.78 is 0. The van der Waals surface area contributed by atoms with Gasteiger partial charge in [0.05, 0.1) is 0 Å². The second-order valence-corrected chi connectivity index (χ2v) is 1.31. The lowest BCUT2D eigenvalue weighted by atomic mass is 10.5. The second kappa shape index (κ2) is 8.52. The number of thiocyanates is 1. The van der Waals surface area contributed by atoms with Crippen molar-refractivity contribution in [1.82, 2.24) is 0 Å². The summed E-state index contributed by atoms with van der Waals surface area (Å²) in [7, 11) is 0. The van der Waals surface area contributed by atoms with Crippen LogP contribution >= 0.6 is 12.6 Å². The van der Waals surface area contributed by atoms with E-state index in [0.29, 0.717) is 12.2 Å². The highest BCUT2D eigenvalue weighted by Crippen LogP contribution is 1.70. The van der Waals surface area contributed by atoms with Crippen LogP contribution in [0.3, 0.4) is 0 Å². The highest BCUT2D eigenvalue weighted by Gasteiger charge is 1.88. The van der Waals surface area contributed by atoms with E-state index in [4.69, 9.17) is 15.5 Å². The summed E-state index contributed by atoms with van der Waals surface area (Å²) in [6, 6.07) is 0. The Bertz CT molecular complexity index is 189. The third-order valence-corrected chi connectivity index (χ3v) is 0.368. The molecule has 0 saturated carbocycles. The van der Waals surface area contributed by atoms with E-state index in [1.54, 1.807) is 0 Å². The number of rotatable bonds is 2. The van der Waals surface area contributed by atoms with Crippen molar-refractivity contribution in [3.8, 4) is 5.40 Å². The lowest BCUT2D eigenvalue weighted by Crippen LogP contribution is -1.91. The number of nitriles is 1. The van der Waals surface area contributed by atoms with E-state index >= 15 is 0 Å². The molecule has 0 atom stereocenters. The molecule has 0 fully saturated rings. The summed E-state index contributed by atoms with van der Waals surface area (Å²) >= 11 is 3.09. The van der Waals surface area contributed by atoms with Gasteiger partial charge in [-0.15, -0.1) is 0 Å². The molecule has 0 aromatic carbocycles. The van der Waals surface area contributed by atoms with Gasteiger partial charge in [-0.25, -0.2) is 9.59 Å². The molecular weight excluding hydrogens is 170 g/mol. The molecular formula is C5H5NO4S. The molecule has 0 aliphatic heterocycles. The fraction of sp³-hybridized carbons (Fsp3) is 0. The number of carbonyl (C=O) groups is 2. The maximum Gasteiger partial charge on any atom is 0.328 e. The molecule has 0 saturated heterocycles. The normalized spacial score (nSPS) is 7.64. The van der Waals surface area contributed by atoms with Crippen LogP contribution in [-0.2, 0) is 9.59 Å². The van der Waals surface area contributed by atoms with Gasteiger partial charge in [-0.2, -0.15) is 5.26 Å². The Morgan fingerprint density at radius 2 is 1.45 bits per heavy atom. The van der Waals surface area contributed by atoms with Crippen LogP contribution in [0.1, 0.15) is 0 Å². The van der Waals surface area contributed by atoms with Crippen molar-refractivity contribution in [2.24, 2.45) is 0 Å². The molecule has 0 unspecified atom stereocenters. The highest BCUT2D eigenvalue weighted by molar-refractivity contribution is 7.85. The minimum Gasteiger partial charge on any atom is -0.478 e. The second-order valence-electron chi connectivity index (χ2n) is 1.11. The Balaban J connectivity index is 0. The summed E-state index contributed by atoms with van der Waals surface area (Å²) in [5.74, 6) is -2.51. The summed E-state index contributed by atoms with van der Waals surface area (Å²) in [6.07, 6.45) is 1.12. The van der Waals surface area contributed by atoms with E-state index < -0.39 is 11.9 Å². The van der Waals surface area contributed by atoms with Crippen LogP contribution in [0.15, 0.2) is 12.2 Å². The Hall–Kier alpha value is -1.48. The zero-order valence-corrected chi connectivity index (χ0v) is 6.15. The first kappa shape index (κ1) is 12.2. The Morgan fingerprint density at radius 1 is 1.27 bits per heavy atom. The van der Waals surface area contributed by atoms with E-state index in [1.807, 2.05) is 0 Å². The van der Waals surface area contributed by atoms with Crippen LogP contribution in [-0.4, -0.2) is 22.2 Å². The van der Waals surface area contributed by atoms with E-state index in [2.05, 4.69) is 12.6 Å². The molecule has 0 aliphatic rings. The molecule has 0 amide bonds. The molecule has 0 radical (unpaired) electrons. The maximum absolute atomic E-state index is 9.55. The fourth-order valence-electron chi connectivity index (χ4n) is 0.143. The van der Waals surface area contributed by atoms with Gasteiger partial charge in [-0.05, 0) is 0 Å². The standard InChI is InChI=1S/C4H4O4.CHNS/c5-3(6)1-2-4(7)8;2-1-3/h1-2H,(H,5,6)(H,7,8);3H/b2-1+;. The minimum atomic E-state index is -1.26. The van der Waals surface area contributed by atoms with Crippen molar-refractivity contribution >= 4 is 24.6 Å². The van der Waals surface area contributed by atoms with Crippen molar-refractivity contribution in [3.05, 3.63) is 12.2 Å². The number of hydrogen-bond donors (Lipinski definition) is 3.